The molecule has 3 heterocycles. The fourth-order valence-electron chi connectivity index (χ4n) is 4.61. The normalized spacial score (nSPS) is 21.3. The van der Waals surface area contributed by atoms with Gasteiger partial charge in [0.2, 0.25) is 5.28 Å². The Bertz CT molecular complexity index is 1170. The molecule has 1 fully saturated rings. The summed E-state index contributed by atoms with van der Waals surface area (Å²) in [4.78, 5) is 39.1. The van der Waals surface area contributed by atoms with Crippen molar-refractivity contribution in [3.05, 3.63) is 64.4 Å². The quantitative estimate of drug-likeness (QED) is 0.305. The first kappa shape index (κ1) is 24.2. The van der Waals surface area contributed by atoms with E-state index in [1.54, 1.807) is 0 Å². The zero-order valence-electron chi connectivity index (χ0n) is 18.4. The van der Waals surface area contributed by atoms with Crippen LogP contribution in [0.1, 0.15) is 35.6 Å². The second-order valence-electron chi connectivity index (χ2n) is 8.52. The molecule has 1 unspecified atom stereocenters. The summed E-state index contributed by atoms with van der Waals surface area (Å²) in [5.41, 5.74) is 4.49. The highest BCUT2D eigenvalue weighted by molar-refractivity contribution is 7.63. The van der Waals surface area contributed by atoms with Crippen LogP contribution in [-0.4, -0.2) is 49.8 Å². The van der Waals surface area contributed by atoms with Gasteiger partial charge >= 0.3 is 0 Å². The third kappa shape index (κ3) is 5.51. The van der Waals surface area contributed by atoms with Gasteiger partial charge in [-0.05, 0) is 59.7 Å². The topological polar surface area (TPSA) is 108 Å². The third-order valence-corrected chi connectivity index (χ3v) is 8.84. The summed E-state index contributed by atoms with van der Waals surface area (Å²) in [5.74, 6) is 0.718. The Kier molecular flexibility index (Phi) is 7.59. The summed E-state index contributed by atoms with van der Waals surface area (Å²) in [6, 6.07) is 14.6. The zero-order chi connectivity index (χ0) is 23.7. The fourth-order valence-corrected chi connectivity index (χ4v) is 6.31. The molecule has 0 radical (unpaired) electrons. The molecule has 2 aromatic carbocycles. The molecule has 2 aliphatic rings. The number of fused-ring (bicyclic) bond motifs is 2. The summed E-state index contributed by atoms with van der Waals surface area (Å²) >= 11 is 6.33. The molecule has 3 atom stereocenters. The summed E-state index contributed by atoms with van der Waals surface area (Å²) in [6.45, 7) is 1.89. The minimum Gasteiger partial charge on any atom is -0.368 e. The third-order valence-electron chi connectivity index (χ3n) is 6.24. The van der Waals surface area contributed by atoms with Crippen LogP contribution in [0.15, 0.2) is 42.5 Å². The predicted octanol–water partition coefficient (Wildman–Crippen LogP) is 4.64. The molecule has 0 spiro atoms. The van der Waals surface area contributed by atoms with Crippen LogP contribution in [0.4, 0.5) is 5.82 Å². The van der Waals surface area contributed by atoms with Crippen LogP contribution in [0.3, 0.4) is 0 Å². The maximum atomic E-state index is 9.75. The Morgan fingerprint density at radius 1 is 1.09 bits per heavy atom. The average Bonchev–Trinajstić information content (AvgIpc) is 3.30. The van der Waals surface area contributed by atoms with E-state index in [4.69, 9.17) is 30.6 Å². The highest BCUT2D eigenvalue weighted by Crippen LogP contribution is 2.45. The van der Waals surface area contributed by atoms with Crippen molar-refractivity contribution in [2.75, 3.05) is 24.0 Å². The van der Waals surface area contributed by atoms with Crippen LogP contribution in [0.5, 0.6) is 0 Å². The van der Waals surface area contributed by atoms with Crippen LogP contribution >= 0.6 is 28.4 Å². The lowest BCUT2D eigenvalue weighted by molar-refractivity contribution is 0.0178. The first-order valence-corrected chi connectivity index (χ1v) is 14.4. The number of anilines is 1. The number of ether oxygens (including phenoxy) is 1. The second-order valence-corrected chi connectivity index (χ2v) is 11.7. The number of benzene rings is 2. The monoisotopic (exact) mass is 521 g/mol. The van der Waals surface area contributed by atoms with E-state index >= 15 is 0 Å². The standard InChI is InChI=1S/C23H26ClN3O5P2/c24-23-25-20-11-16(21-8-6-18(32-21)13-31-34(30)14-33(28)29)5-7-19(20)22(26-23)27-10-9-15-3-1-2-4-17(15)12-27/h1-5,7,11,18,21,28-30H,6,8-10,12-14H2/t18-,21+,34?/m0/s1. The second kappa shape index (κ2) is 10.7. The number of hydrogen-bond donors (Lipinski definition) is 3. The van der Waals surface area contributed by atoms with Crippen molar-refractivity contribution >= 4 is 45.1 Å². The number of nitrogens with zero attached hydrogens (tertiary/aromatic N) is 3. The van der Waals surface area contributed by atoms with Crippen molar-refractivity contribution in [2.45, 2.75) is 38.0 Å². The molecule has 5 rings (SSSR count). The van der Waals surface area contributed by atoms with E-state index in [0.717, 1.165) is 54.6 Å². The highest BCUT2D eigenvalue weighted by Gasteiger charge is 2.28. The van der Waals surface area contributed by atoms with Gasteiger partial charge in [0.05, 0.1) is 30.2 Å². The average molecular weight is 522 g/mol. The minimum absolute atomic E-state index is 0.102. The van der Waals surface area contributed by atoms with Gasteiger partial charge in [-0.3, -0.25) is 0 Å². The molecule has 8 nitrogen and oxygen atoms in total. The molecule has 0 saturated carbocycles. The minimum atomic E-state index is -2.16. The van der Waals surface area contributed by atoms with E-state index in [2.05, 4.69) is 45.2 Å². The SMILES string of the molecule is OP(O)CP(O)OC[C@@H]1CC[C@H](c2ccc3c(N4CCc5ccccc5C4)nc(Cl)nc3c2)O1. The molecule has 2 aliphatic heterocycles. The zero-order valence-corrected chi connectivity index (χ0v) is 21.0. The van der Waals surface area contributed by atoms with Crippen molar-refractivity contribution in [3.63, 3.8) is 0 Å². The van der Waals surface area contributed by atoms with Gasteiger partial charge in [-0.15, -0.1) is 0 Å². The van der Waals surface area contributed by atoms with E-state index in [0.29, 0.717) is 0 Å². The van der Waals surface area contributed by atoms with Crippen LogP contribution in [-0.2, 0) is 22.2 Å². The van der Waals surface area contributed by atoms with E-state index < -0.39 is 16.8 Å². The molecule has 34 heavy (non-hydrogen) atoms. The van der Waals surface area contributed by atoms with Crippen molar-refractivity contribution in [1.82, 2.24) is 9.97 Å². The van der Waals surface area contributed by atoms with Gasteiger partial charge < -0.3 is 28.8 Å². The molecular weight excluding hydrogens is 496 g/mol. The van der Waals surface area contributed by atoms with Gasteiger partial charge in [0, 0.05) is 18.5 Å². The van der Waals surface area contributed by atoms with Gasteiger partial charge in [-0.1, -0.05) is 30.3 Å². The van der Waals surface area contributed by atoms with Crippen molar-refractivity contribution in [3.8, 4) is 0 Å². The van der Waals surface area contributed by atoms with E-state index in [1.165, 1.54) is 11.1 Å². The summed E-state index contributed by atoms with van der Waals surface area (Å²) in [6.07, 6.45) is 2.33. The molecule has 3 N–H and O–H groups in total. The van der Waals surface area contributed by atoms with E-state index in [1.807, 2.05) is 12.1 Å². The van der Waals surface area contributed by atoms with Crippen LogP contribution < -0.4 is 4.90 Å². The van der Waals surface area contributed by atoms with Gasteiger partial charge in [-0.2, -0.15) is 4.98 Å². The molecule has 11 heteroatoms. The van der Waals surface area contributed by atoms with Crippen molar-refractivity contribution in [1.29, 1.82) is 0 Å². The van der Waals surface area contributed by atoms with E-state index in [9.17, 15) is 4.89 Å². The first-order valence-electron chi connectivity index (χ1n) is 11.2. The van der Waals surface area contributed by atoms with Crippen LogP contribution in [0.25, 0.3) is 10.9 Å². The number of halogens is 1. The smallest absolute Gasteiger partial charge is 0.224 e. The number of aromatic nitrogens is 2. The summed E-state index contributed by atoms with van der Waals surface area (Å²) < 4.78 is 11.5. The van der Waals surface area contributed by atoms with Gasteiger partial charge in [0.15, 0.2) is 16.8 Å². The number of rotatable bonds is 7. The molecular formula is C23H26ClN3O5P2. The van der Waals surface area contributed by atoms with Gasteiger partial charge in [0.1, 0.15) is 5.82 Å². The predicted molar refractivity (Wildman–Crippen MR) is 134 cm³/mol. The van der Waals surface area contributed by atoms with Crippen LogP contribution in [0.2, 0.25) is 5.28 Å². The van der Waals surface area contributed by atoms with Crippen molar-refractivity contribution in [2.24, 2.45) is 0 Å². The lowest BCUT2D eigenvalue weighted by Crippen LogP contribution is -2.31. The Labute approximate surface area is 205 Å². The summed E-state index contributed by atoms with van der Waals surface area (Å²) in [7, 11) is -4.01. The molecule has 180 valence electrons. The Hall–Kier alpha value is -1.47. The molecule has 1 aromatic heterocycles. The lowest BCUT2D eigenvalue weighted by atomic mass is 9.99. The van der Waals surface area contributed by atoms with Gasteiger partial charge in [-0.25, -0.2) is 4.98 Å². The Morgan fingerprint density at radius 3 is 2.74 bits per heavy atom. The molecule has 1 saturated heterocycles. The Morgan fingerprint density at radius 2 is 1.91 bits per heavy atom. The molecule has 3 aromatic rings. The molecule has 0 amide bonds. The Balaban J connectivity index is 1.31. The maximum absolute atomic E-state index is 9.75. The lowest BCUT2D eigenvalue weighted by Gasteiger charge is -2.30. The van der Waals surface area contributed by atoms with Gasteiger partial charge in [0.25, 0.3) is 0 Å². The maximum Gasteiger partial charge on any atom is 0.224 e. The fraction of sp³-hybridized carbons (Fsp3) is 0.391. The molecule has 0 bridgehead atoms. The highest BCUT2D eigenvalue weighted by atomic mass is 35.5. The van der Waals surface area contributed by atoms with Crippen molar-refractivity contribution < 1.29 is 23.9 Å². The molecule has 0 aliphatic carbocycles. The summed E-state index contributed by atoms with van der Waals surface area (Å²) in [5, 5.41) is 1.18. The van der Waals surface area contributed by atoms with Crippen LogP contribution in [0, 0.1) is 0 Å². The largest absolute Gasteiger partial charge is 0.368 e. The number of hydrogen-bond acceptors (Lipinski definition) is 8. The first-order chi connectivity index (χ1) is 16.5. The van der Waals surface area contributed by atoms with E-state index in [-0.39, 0.29) is 30.0 Å².